The second-order valence-electron chi connectivity index (χ2n) is 6.00. The van der Waals surface area contributed by atoms with E-state index in [2.05, 4.69) is 5.32 Å². The maximum atomic E-state index is 12.9. The van der Waals surface area contributed by atoms with Crippen molar-refractivity contribution in [2.24, 2.45) is 0 Å². The summed E-state index contributed by atoms with van der Waals surface area (Å²) in [5, 5.41) is 3.81. The SMILES string of the molecule is CCOC(=O)c1ccc(NC(=O)C(=O)Nc2cc(C(F)(F)F)cc(C(F)(F)F)c2)cc1. The number of amides is 2. The summed E-state index contributed by atoms with van der Waals surface area (Å²) in [6.07, 6.45) is -10.2. The summed E-state index contributed by atoms with van der Waals surface area (Å²) >= 11 is 0. The molecule has 0 radical (unpaired) electrons. The average molecular weight is 448 g/mol. The topological polar surface area (TPSA) is 84.5 Å². The third-order valence-electron chi connectivity index (χ3n) is 3.71. The van der Waals surface area contributed by atoms with E-state index >= 15 is 0 Å². The maximum Gasteiger partial charge on any atom is 0.416 e. The summed E-state index contributed by atoms with van der Waals surface area (Å²) in [6.45, 7) is 1.75. The van der Waals surface area contributed by atoms with E-state index in [4.69, 9.17) is 4.74 Å². The summed E-state index contributed by atoms with van der Waals surface area (Å²) < 4.78 is 82.0. The Balaban J connectivity index is 2.15. The molecular weight excluding hydrogens is 434 g/mol. The Bertz CT molecular complexity index is 952. The highest BCUT2D eigenvalue weighted by Gasteiger charge is 2.37. The van der Waals surface area contributed by atoms with E-state index in [1.165, 1.54) is 24.3 Å². The summed E-state index contributed by atoms with van der Waals surface area (Å²) in [5.74, 6) is -3.47. The zero-order valence-corrected chi connectivity index (χ0v) is 15.6. The second-order valence-corrected chi connectivity index (χ2v) is 6.00. The molecule has 0 spiro atoms. The number of rotatable bonds is 4. The van der Waals surface area contributed by atoms with E-state index in [9.17, 15) is 40.7 Å². The zero-order chi connectivity index (χ0) is 23.4. The molecule has 0 aliphatic rings. The van der Waals surface area contributed by atoms with Gasteiger partial charge in [-0.15, -0.1) is 0 Å². The van der Waals surface area contributed by atoms with Crippen molar-refractivity contribution in [3.8, 4) is 0 Å². The van der Waals surface area contributed by atoms with Gasteiger partial charge in [0.2, 0.25) is 0 Å². The molecule has 0 aromatic heterocycles. The third-order valence-corrected chi connectivity index (χ3v) is 3.71. The number of halogens is 6. The fourth-order valence-electron chi connectivity index (χ4n) is 2.31. The van der Waals surface area contributed by atoms with E-state index in [0.29, 0.717) is 0 Å². The lowest BCUT2D eigenvalue weighted by molar-refractivity contribution is -0.143. The summed E-state index contributed by atoms with van der Waals surface area (Å²) in [6, 6.07) is 5.51. The van der Waals surface area contributed by atoms with Gasteiger partial charge in [-0.1, -0.05) is 0 Å². The molecule has 0 fully saturated rings. The lowest BCUT2D eigenvalue weighted by Crippen LogP contribution is -2.29. The molecule has 2 aromatic carbocycles. The number of esters is 1. The minimum atomic E-state index is -5.11. The van der Waals surface area contributed by atoms with Crippen molar-refractivity contribution in [3.63, 3.8) is 0 Å². The Morgan fingerprint density at radius 2 is 1.23 bits per heavy atom. The van der Waals surface area contributed by atoms with E-state index in [1.54, 1.807) is 12.2 Å². The molecule has 2 rings (SSSR count). The minimum absolute atomic E-state index is 0.0493. The third kappa shape index (κ3) is 6.46. The molecule has 2 N–H and O–H groups in total. The van der Waals surface area contributed by atoms with Crippen molar-refractivity contribution < 1.29 is 45.5 Å². The Morgan fingerprint density at radius 1 is 0.774 bits per heavy atom. The standard InChI is InChI=1S/C19H14F6N2O4/c1-2-31-17(30)10-3-5-13(6-4-10)26-15(28)16(29)27-14-8-11(18(20,21)22)7-12(9-14)19(23,24)25/h3-9H,2H2,1H3,(H,26,28)(H,27,29). The summed E-state index contributed by atoms with van der Waals surface area (Å²) in [7, 11) is 0. The number of benzene rings is 2. The van der Waals surface area contributed by atoms with Crippen LogP contribution in [0.1, 0.15) is 28.4 Å². The van der Waals surface area contributed by atoms with Crippen LogP contribution in [0.25, 0.3) is 0 Å². The fraction of sp³-hybridized carbons (Fsp3) is 0.211. The van der Waals surface area contributed by atoms with Crippen LogP contribution in [-0.2, 0) is 26.7 Å². The number of anilines is 2. The summed E-state index contributed by atoms with van der Waals surface area (Å²) in [5.41, 5.74) is -3.94. The normalized spacial score (nSPS) is 11.6. The molecule has 0 atom stereocenters. The van der Waals surface area contributed by atoms with Crippen LogP contribution in [0.4, 0.5) is 37.7 Å². The highest BCUT2D eigenvalue weighted by atomic mass is 19.4. The van der Waals surface area contributed by atoms with Gasteiger partial charge >= 0.3 is 30.1 Å². The maximum absolute atomic E-state index is 12.9. The van der Waals surface area contributed by atoms with Crippen molar-refractivity contribution in [3.05, 3.63) is 59.2 Å². The molecule has 0 heterocycles. The van der Waals surface area contributed by atoms with Crippen LogP contribution in [-0.4, -0.2) is 24.4 Å². The minimum Gasteiger partial charge on any atom is -0.462 e. The summed E-state index contributed by atoms with van der Waals surface area (Å²) in [4.78, 5) is 35.4. The number of hydrogen-bond donors (Lipinski definition) is 2. The first-order valence-corrected chi connectivity index (χ1v) is 8.50. The predicted molar refractivity (Wildman–Crippen MR) is 96.1 cm³/mol. The van der Waals surface area contributed by atoms with Gasteiger partial charge < -0.3 is 15.4 Å². The monoisotopic (exact) mass is 448 g/mol. The molecule has 0 unspecified atom stereocenters. The molecule has 6 nitrogen and oxygen atoms in total. The number of nitrogens with one attached hydrogen (secondary N) is 2. The van der Waals surface area contributed by atoms with Gasteiger partial charge in [-0.05, 0) is 49.4 Å². The van der Waals surface area contributed by atoms with E-state index in [1.807, 2.05) is 0 Å². The van der Waals surface area contributed by atoms with Crippen LogP contribution in [0.2, 0.25) is 0 Å². The molecule has 31 heavy (non-hydrogen) atoms. The largest absolute Gasteiger partial charge is 0.462 e. The number of carbonyl (C=O) groups is 3. The van der Waals surface area contributed by atoms with Crippen LogP contribution in [0.5, 0.6) is 0 Å². The van der Waals surface area contributed by atoms with Crippen LogP contribution in [0.3, 0.4) is 0 Å². The number of ether oxygens (including phenoxy) is 1. The van der Waals surface area contributed by atoms with Crippen LogP contribution in [0, 0.1) is 0 Å². The molecule has 2 aromatic rings. The van der Waals surface area contributed by atoms with Gasteiger partial charge in [-0.2, -0.15) is 26.3 Å². The molecule has 0 bridgehead atoms. The Hall–Kier alpha value is -3.57. The molecule has 0 aliphatic carbocycles. The predicted octanol–water partition coefficient (Wildman–Crippen LogP) is 4.48. The van der Waals surface area contributed by atoms with Crippen molar-refractivity contribution in [1.82, 2.24) is 0 Å². The molecule has 2 amide bonds. The van der Waals surface area contributed by atoms with Crippen molar-refractivity contribution in [2.45, 2.75) is 19.3 Å². The smallest absolute Gasteiger partial charge is 0.416 e. The first-order valence-electron chi connectivity index (χ1n) is 8.50. The van der Waals surface area contributed by atoms with Crippen LogP contribution < -0.4 is 10.6 Å². The van der Waals surface area contributed by atoms with Gasteiger partial charge in [0.25, 0.3) is 0 Å². The fourth-order valence-corrected chi connectivity index (χ4v) is 2.31. The van der Waals surface area contributed by atoms with E-state index < -0.39 is 47.0 Å². The first-order chi connectivity index (χ1) is 14.3. The highest BCUT2D eigenvalue weighted by Crippen LogP contribution is 2.37. The van der Waals surface area contributed by atoms with Crippen molar-refractivity contribution in [1.29, 1.82) is 0 Å². The van der Waals surface area contributed by atoms with Gasteiger partial charge in [0, 0.05) is 11.4 Å². The first kappa shape index (κ1) is 23.7. The zero-order valence-electron chi connectivity index (χ0n) is 15.6. The number of carbonyl (C=O) groups excluding carboxylic acids is 3. The van der Waals surface area contributed by atoms with Crippen LogP contribution in [0.15, 0.2) is 42.5 Å². The number of hydrogen-bond acceptors (Lipinski definition) is 4. The van der Waals surface area contributed by atoms with Gasteiger partial charge in [0.05, 0.1) is 23.3 Å². The molecule has 0 saturated carbocycles. The Morgan fingerprint density at radius 3 is 1.65 bits per heavy atom. The average Bonchev–Trinajstić information content (AvgIpc) is 2.67. The van der Waals surface area contributed by atoms with E-state index in [0.717, 1.165) is 0 Å². The van der Waals surface area contributed by atoms with Gasteiger partial charge in [0.15, 0.2) is 0 Å². The number of alkyl halides is 6. The van der Waals surface area contributed by atoms with Gasteiger partial charge in [-0.3, -0.25) is 9.59 Å². The molecular formula is C19H14F6N2O4. The van der Waals surface area contributed by atoms with E-state index in [-0.39, 0.29) is 36.1 Å². The lowest BCUT2D eigenvalue weighted by atomic mass is 10.1. The molecule has 12 heteroatoms. The van der Waals surface area contributed by atoms with Crippen LogP contribution >= 0.6 is 0 Å². The molecule has 0 saturated heterocycles. The Labute approximate surface area is 171 Å². The molecule has 0 aliphatic heterocycles. The quantitative estimate of drug-likeness (QED) is 0.411. The second kappa shape index (κ2) is 9.06. The van der Waals surface area contributed by atoms with Crippen molar-refractivity contribution >= 4 is 29.2 Å². The Kier molecular flexibility index (Phi) is 6.93. The van der Waals surface area contributed by atoms with Crippen molar-refractivity contribution in [2.75, 3.05) is 17.2 Å². The highest BCUT2D eigenvalue weighted by molar-refractivity contribution is 6.43. The molecule has 166 valence electrons. The lowest BCUT2D eigenvalue weighted by Gasteiger charge is -2.14. The van der Waals surface area contributed by atoms with Gasteiger partial charge in [-0.25, -0.2) is 4.79 Å². The van der Waals surface area contributed by atoms with Gasteiger partial charge in [0.1, 0.15) is 0 Å².